The Morgan fingerprint density at radius 2 is 2.50 bits per heavy atom. The van der Waals surface area contributed by atoms with Crippen LogP contribution < -0.4 is 10.6 Å². The molecule has 0 radical (unpaired) electrons. The molecule has 16 heavy (non-hydrogen) atoms. The number of hydrogen-bond donors (Lipinski definition) is 2. The first-order valence-corrected chi connectivity index (χ1v) is 5.77. The number of piperidine rings is 1. The Balaban J connectivity index is 2.00. The topological polar surface area (TPSA) is 54.0 Å². The molecular weight excluding hydrogens is 226 g/mol. The van der Waals surface area contributed by atoms with Crippen molar-refractivity contribution in [3.8, 4) is 0 Å². The Morgan fingerprint density at radius 3 is 3.19 bits per heavy atom. The summed E-state index contributed by atoms with van der Waals surface area (Å²) in [6.07, 6.45) is 3.67. The maximum Gasteiger partial charge on any atom is 0.254 e. The van der Waals surface area contributed by atoms with Gasteiger partial charge in [-0.25, -0.2) is 4.98 Å². The van der Waals surface area contributed by atoms with E-state index in [1.807, 2.05) is 0 Å². The molecule has 1 amide bonds. The molecule has 1 atom stereocenters. The molecule has 1 aliphatic rings. The molecule has 2 N–H and O–H groups in total. The van der Waals surface area contributed by atoms with Crippen LogP contribution in [0.25, 0.3) is 0 Å². The van der Waals surface area contributed by atoms with Gasteiger partial charge in [-0.3, -0.25) is 4.79 Å². The Hall–Kier alpha value is -1.13. The van der Waals surface area contributed by atoms with Crippen molar-refractivity contribution in [3.05, 3.63) is 29.0 Å². The Kier molecular flexibility index (Phi) is 3.74. The van der Waals surface area contributed by atoms with Gasteiger partial charge in [0, 0.05) is 18.8 Å². The summed E-state index contributed by atoms with van der Waals surface area (Å²) in [6.45, 7) is 1.85. The largest absolute Gasteiger partial charge is 0.348 e. The number of nitrogens with one attached hydrogen (secondary N) is 2. The van der Waals surface area contributed by atoms with E-state index in [4.69, 9.17) is 11.6 Å². The molecule has 1 saturated heterocycles. The smallest absolute Gasteiger partial charge is 0.254 e. The van der Waals surface area contributed by atoms with Crippen LogP contribution in [0.15, 0.2) is 18.3 Å². The molecule has 0 spiro atoms. The summed E-state index contributed by atoms with van der Waals surface area (Å²) < 4.78 is 0. The fourth-order valence-electron chi connectivity index (χ4n) is 1.79. The third-order valence-electron chi connectivity index (χ3n) is 2.64. The first-order valence-electron chi connectivity index (χ1n) is 5.39. The van der Waals surface area contributed by atoms with Gasteiger partial charge in [0.1, 0.15) is 5.15 Å². The van der Waals surface area contributed by atoms with Crippen molar-refractivity contribution in [2.75, 3.05) is 13.1 Å². The molecule has 1 aromatic rings. The van der Waals surface area contributed by atoms with E-state index in [2.05, 4.69) is 15.6 Å². The zero-order chi connectivity index (χ0) is 11.4. The average Bonchev–Trinajstić information content (AvgIpc) is 2.31. The fourth-order valence-corrected chi connectivity index (χ4v) is 2.00. The van der Waals surface area contributed by atoms with Crippen LogP contribution in [-0.2, 0) is 0 Å². The lowest BCUT2D eigenvalue weighted by Crippen LogP contribution is -2.45. The summed E-state index contributed by atoms with van der Waals surface area (Å²) in [5.41, 5.74) is 0.440. The minimum absolute atomic E-state index is 0.146. The van der Waals surface area contributed by atoms with Crippen molar-refractivity contribution < 1.29 is 4.79 Å². The van der Waals surface area contributed by atoms with Crippen molar-refractivity contribution in [1.82, 2.24) is 15.6 Å². The number of carbonyl (C=O) groups is 1. The molecule has 2 heterocycles. The number of nitrogens with zero attached hydrogens (tertiary/aromatic N) is 1. The van der Waals surface area contributed by atoms with Gasteiger partial charge in [0.25, 0.3) is 5.91 Å². The SMILES string of the molecule is O=C(N[C@@H]1CCCNC1)c1cccnc1Cl. The molecule has 0 bridgehead atoms. The second kappa shape index (κ2) is 5.27. The molecule has 0 aromatic carbocycles. The maximum atomic E-state index is 11.9. The van der Waals surface area contributed by atoms with Gasteiger partial charge in [0.15, 0.2) is 0 Å². The van der Waals surface area contributed by atoms with Gasteiger partial charge < -0.3 is 10.6 Å². The number of halogens is 1. The highest BCUT2D eigenvalue weighted by molar-refractivity contribution is 6.32. The van der Waals surface area contributed by atoms with Gasteiger partial charge in [-0.05, 0) is 31.5 Å². The first kappa shape index (κ1) is 11.4. The van der Waals surface area contributed by atoms with Crippen LogP contribution in [0.5, 0.6) is 0 Å². The molecule has 4 nitrogen and oxygen atoms in total. The van der Waals surface area contributed by atoms with Crippen LogP contribution in [0, 0.1) is 0 Å². The number of aromatic nitrogens is 1. The Bertz CT molecular complexity index is 377. The monoisotopic (exact) mass is 239 g/mol. The normalized spacial score (nSPS) is 20.4. The molecule has 5 heteroatoms. The van der Waals surface area contributed by atoms with Crippen LogP contribution in [0.2, 0.25) is 5.15 Å². The minimum atomic E-state index is -0.146. The Labute approximate surface area is 99.4 Å². The molecule has 0 aliphatic carbocycles. The van der Waals surface area contributed by atoms with Crippen LogP contribution in [0.3, 0.4) is 0 Å². The molecule has 86 valence electrons. The predicted molar refractivity (Wildman–Crippen MR) is 62.6 cm³/mol. The molecular formula is C11H14ClN3O. The molecule has 1 aromatic heterocycles. The number of rotatable bonds is 2. The second-order valence-corrected chi connectivity index (χ2v) is 4.22. The van der Waals surface area contributed by atoms with Gasteiger partial charge in [-0.15, -0.1) is 0 Å². The number of pyridine rings is 1. The first-order chi connectivity index (χ1) is 7.77. The quantitative estimate of drug-likeness (QED) is 0.763. The number of amides is 1. The van der Waals surface area contributed by atoms with Crippen LogP contribution in [0.1, 0.15) is 23.2 Å². The van der Waals surface area contributed by atoms with Crippen molar-refractivity contribution in [2.45, 2.75) is 18.9 Å². The number of carbonyl (C=O) groups excluding carboxylic acids is 1. The second-order valence-electron chi connectivity index (χ2n) is 3.86. The summed E-state index contributed by atoms with van der Waals surface area (Å²) in [4.78, 5) is 15.8. The highest BCUT2D eigenvalue weighted by Crippen LogP contribution is 2.12. The van der Waals surface area contributed by atoms with Crippen LogP contribution in [-0.4, -0.2) is 30.0 Å². The minimum Gasteiger partial charge on any atom is -0.348 e. The van der Waals surface area contributed by atoms with Gasteiger partial charge in [0.05, 0.1) is 5.56 Å². The van der Waals surface area contributed by atoms with Gasteiger partial charge >= 0.3 is 0 Å². The summed E-state index contributed by atoms with van der Waals surface area (Å²) in [5.74, 6) is -0.146. The van der Waals surface area contributed by atoms with E-state index in [0.717, 1.165) is 25.9 Å². The number of hydrogen-bond acceptors (Lipinski definition) is 3. The summed E-state index contributed by atoms with van der Waals surface area (Å²) in [7, 11) is 0. The van der Waals surface area contributed by atoms with E-state index < -0.39 is 0 Å². The van der Waals surface area contributed by atoms with E-state index in [-0.39, 0.29) is 17.1 Å². The predicted octanol–water partition coefficient (Wildman–Crippen LogP) is 1.22. The van der Waals surface area contributed by atoms with E-state index in [9.17, 15) is 4.79 Å². The third kappa shape index (κ3) is 2.71. The lowest BCUT2D eigenvalue weighted by molar-refractivity contribution is 0.0930. The van der Waals surface area contributed by atoms with Crippen LogP contribution >= 0.6 is 11.6 Å². The van der Waals surface area contributed by atoms with Crippen LogP contribution in [0.4, 0.5) is 0 Å². The maximum absolute atomic E-state index is 11.9. The fraction of sp³-hybridized carbons (Fsp3) is 0.455. The third-order valence-corrected chi connectivity index (χ3v) is 2.94. The van der Waals surface area contributed by atoms with Crippen molar-refractivity contribution in [2.24, 2.45) is 0 Å². The van der Waals surface area contributed by atoms with E-state index in [0.29, 0.717) is 5.56 Å². The van der Waals surface area contributed by atoms with Gasteiger partial charge in [-0.1, -0.05) is 11.6 Å². The van der Waals surface area contributed by atoms with E-state index >= 15 is 0 Å². The standard InChI is InChI=1S/C11H14ClN3O/c12-10-9(4-2-6-14-10)11(16)15-8-3-1-5-13-7-8/h2,4,6,8,13H,1,3,5,7H2,(H,15,16)/t8-/m1/s1. The molecule has 1 fully saturated rings. The molecule has 0 unspecified atom stereocenters. The van der Waals surface area contributed by atoms with Crippen molar-refractivity contribution in [1.29, 1.82) is 0 Å². The lowest BCUT2D eigenvalue weighted by Gasteiger charge is -2.23. The highest BCUT2D eigenvalue weighted by atomic mass is 35.5. The lowest BCUT2D eigenvalue weighted by atomic mass is 10.1. The van der Waals surface area contributed by atoms with Crippen molar-refractivity contribution in [3.63, 3.8) is 0 Å². The van der Waals surface area contributed by atoms with E-state index in [1.54, 1.807) is 18.3 Å². The summed E-state index contributed by atoms with van der Waals surface area (Å²) in [6, 6.07) is 3.58. The van der Waals surface area contributed by atoms with Crippen molar-refractivity contribution >= 4 is 17.5 Å². The van der Waals surface area contributed by atoms with Gasteiger partial charge in [-0.2, -0.15) is 0 Å². The van der Waals surface area contributed by atoms with E-state index in [1.165, 1.54) is 0 Å². The summed E-state index contributed by atoms with van der Waals surface area (Å²) in [5, 5.41) is 6.45. The highest BCUT2D eigenvalue weighted by Gasteiger charge is 2.17. The Morgan fingerprint density at radius 1 is 1.62 bits per heavy atom. The molecule has 0 saturated carbocycles. The summed E-state index contributed by atoms with van der Waals surface area (Å²) >= 11 is 5.85. The van der Waals surface area contributed by atoms with Gasteiger partial charge in [0.2, 0.25) is 0 Å². The zero-order valence-corrected chi connectivity index (χ0v) is 9.63. The molecule has 2 rings (SSSR count). The molecule has 1 aliphatic heterocycles. The zero-order valence-electron chi connectivity index (χ0n) is 8.87. The average molecular weight is 240 g/mol.